The molecule has 0 atom stereocenters. The minimum absolute atomic E-state index is 0. The van der Waals surface area contributed by atoms with Gasteiger partial charge in [-0.2, -0.15) is 30.6 Å². The fourth-order valence-corrected chi connectivity index (χ4v) is 3.23. The fraction of sp³-hybridized carbons (Fsp3) is 0.174. The number of Topliss-reactive ketones (excluding diaryl/α,β-unsaturated/α-hetero) is 1. The second-order valence-electron chi connectivity index (χ2n) is 7.52. The summed E-state index contributed by atoms with van der Waals surface area (Å²) in [6, 6.07) is 11.2. The fourth-order valence-electron chi connectivity index (χ4n) is 3.23. The van der Waals surface area contributed by atoms with Crippen LogP contribution in [-0.4, -0.2) is 64.5 Å². The van der Waals surface area contributed by atoms with Crippen LogP contribution in [0.3, 0.4) is 0 Å². The van der Waals surface area contributed by atoms with E-state index in [1.165, 1.54) is 13.8 Å². The average molecular weight is 636 g/mol. The molecule has 15 heteroatoms. The van der Waals surface area contributed by atoms with Crippen LogP contribution in [0.4, 0.5) is 0 Å². The zero-order chi connectivity index (χ0) is 25.2. The van der Waals surface area contributed by atoms with Crippen molar-refractivity contribution in [1.82, 2.24) is 58.7 Å². The maximum atomic E-state index is 9.44. The number of carbonyl (C=O) groups excluding carboxylic acids is 1. The summed E-state index contributed by atoms with van der Waals surface area (Å²) in [5.74, 6) is 0.167. The first kappa shape index (κ1) is 30.9. The van der Waals surface area contributed by atoms with Crippen LogP contribution in [0.2, 0.25) is 0 Å². The van der Waals surface area contributed by atoms with E-state index in [1.54, 1.807) is 65.3 Å². The van der Waals surface area contributed by atoms with E-state index in [0.717, 1.165) is 0 Å². The number of rotatable bonds is 6. The molecule has 6 rings (SSSR count). The number of carbonyl (C=O) groups is 1. The average Bonchev–Trinajstić information content (AvgIpc) is 3.70. The van der Waals surface area contributed by atoms with Crippen LogP contribution >= 0.6 is 0 Å². The van der Waals surface area contributed by atoms with Crippen LogP contribution < -0.4 is 53.5 Å². The summed E-state index contributed by atoms with van der Waals surface area (Å²) in [5, 5.41) is 25.3. The molecule has 0 saturated heterocycles. The number of nitrogens with zero attached hydrogens (tertiary/aromatic N) is 12. The number of hydrogen-bond acceptors (Lipinski definition) is 7. The molecule has 6 heterocycles. The minimum Gasteiger partial charge on any atom is -1.00 e. The van der Waals surface area contributed by atoms with Crippen molar-refractivity contribution in [2.75, 3.05) is 0 Å². The molecule has 0 aliphatic rings. The zero-order valence-electron chi connectivity index (χ0n) is 21.2. The minimum atomic E-state index is -0.194. The van der Waals surface area contributed by atoms with Crippen molar-refractivity contribution < 1.29 is 58.3 Å². The van der Waals surface area contributed by atoms with E-state index >= 15 is 0 Å². The van der Waals surface area contributed by atoms with Crippen molar-refractivity contribution in [1.29, 1.82) is 0 Å². The molecule has 192 valence electrons. The van der Waals surface area contributed by atoms with Crippen LogP contribution in [0.5, 0.6) is 0 Å². The topological polar surface area (TPSA) is 124 Å². The SMILES string of the molecule is CC(C)=O.[I-].[Na+].c1cnn(C(n2cccn2)n2cccn2)c1.c1cnn(C(n2cccn2)n2cccn2)c1. The van der Waals surface area contributed by atoms with Gasteiger partial charge in [-0.1, -0.05) is 0 Å². The first-order valence-corrected chi connectivity index (χ1v) is 11.1. The van der Waals surface area contributed by atoms with Gasteiger partial charge in [0.05, 0.1) is 0 Å². The summed E-state index contributed by atoms with van der Waals surface area (Å²) in [6.45, 7) is 3.06. The quantitative estimate of drug-likeness (QED) is 0.136. The Morgan fingerprint density at radius 2 is 0.632 bits per heavy atom. The smallest absolute Gasteiger partial charge is 1.00 e. The third kappa shape index (κ3) is 8.34. The first-order chi connectivity index (χ1) is 17.6. The Balaban J connectivity index is 0.000000224. The van der Waals surface area contributed by atoms with E-state index in [9.17, 15) is 4.79 Å². The molecular weight excluding hydrogens is 610 g/mol. The first-order valence-electron chi connectivity index (χ1n) is 11.1. The van der Waals surface area contributed by atoms with Gasteiger partial charge in [0.2, 0.25) is 12.6 Å². The van der Waals surface area contributed by atoms with Crippen molar-refractivity contribution in [3.63, 3.8) is 0 Å². The van der Waals surface area contributed by atoms with Crippen LogP contribution in [0.1, 0.15) is 26.4 Å². The molecule has 38 heavy (non-hydrogen) atoms. The normalized spacial score (nSPS) is 10.0. The van der Waals surface area contributed by atoms with Crippen molar-refractivity contribution in [3.05, 3.63) is 111 Å². The number of hydrogen-bond donors (Lipinski definition) is 0. The van der Waals surface area contributed by atoms with Gasteiger partial charge in [0.1, 0.15) is 5.78 Å². The molecule has 0 aliphatic heterocycles. The Morgan fingerprint density at radius 3 is 0.737 bits per heavy atom. The van der Waals surface area contributed by atoms with Crippen molar-refractivity contribution in [2.24, 2.45) is 0 Å². The van der Waals surface area contributed by atoms with E-state index < -0.39 is 0 Å². The van der Waals surface area contributed by atoms with Gasteiger partial charge in [0.25, 0.3) is 0 Å². The largest absolute Gasteiger partial charge is 1.00 e. The molecule has 0 unspecified atom stereocenters. The Bertz CT molecular complexity index is 1100. The molecule has 13 nitrogen and oxygen atoms in total. The van der Waals surface area contributed by atoms with Crippen LogP contribution in [0.25, 0.3) is 0 Å². The standard InChI is InChI=1S/2C10H10N6.C3H6O.HI.Na/c2*1-4-11-14(7-1)10(15-8-2-5-12-15)16-9-3-6-13-16;1-3(2)4;;/h2*1-10H;1-2H3;1H;/q;;;;+1/p-1. The van der Waals surface area contributed by atoms with Crippen LogP contribution in [-0.2, 0) is 4.79 Å². The Morgan fingerprint density at radius 1 is 0.474 bits per heavy atom. The molecule has 0 aromatic carbocycles. The maximum Gasteiger partial charge on any atom is 1.00 e. The number of ketones is 1. The number of aromatic nitrogens is 12. The second-order valence-corrected chi connectivity index (χ2v) is 7.52. The molecule has 0 radical (unpaired) electrons. The Labute approximate surface area is 258 Å². The predicted molar refractivity (Wildman–Crippen MR) is 129 cm³/mol. The van der Waals surface area contributed by atoms with E-state index in [1.807, 2.05) is 73.6 Å². The molecule has 0 amide bonds. The van der Waals surface area contributed by atoms with Gasteiger partial charge in [-0.15, -0.1) is 0 Å². The molecule has 0 fully saturated rings. The van der Waals surface area contributed by atoms with Crippen LogP contribution in [0, 0.1) is 0 Å². The summed E-state index contributed by atoms with van der Waals surface area (Å²) < 4.78 is 10.8. The molecule has 0 spiro atoms. The van der Waals surface area contributed by atoms with Gasteiger partial charge in [-0.3, -0.25) is 0 Å². The third-order valence-corrected chi connectivity index (χ3v) is 4.57. The Kier molecular flexibility index (Phi) is 12.8. The number of halogens is 1. The second kappa shape index (κ2) is 15.8. The molecular formula is C23H26IN12NaO. The van der Waals surface area contributed by atoms with Gasteiger partial charge < -0.3 is 28.8 Å². The maximum absolute atomic E-state index is 9.44. The molecule has 0 aliphatic carbocycles. The van der Waals surface area contributed by atoms with E-state index in [4.69, 9.17) is 0 Å². The summed E-state index contributed by atoms with van der Waals surface area (Å²) in [5.41, 5.74) is 0. The summed E-state index contributed by atoms with van der Waals surface area (Å²) in [4.78, 5) is 9.44. The van der Waals surface area contributed by atoms with Gasteiger partial charge in [-0.25, -0.2) is 28.1 Å². The van der Waals surface area contributed by atoms with Gasteiger partial charge >= 0.3 is 29.6 Å². The zero-order valence-corrected chi connectivity index (χ0v) is 25.4. The van der Waals surface area contributed by atoms with E-state index in [0.29, 0.717) is 0 Å². The summed E-state index contributed by atoms with van der Waals surface area (Å²) in [6.07, 6.45) is 21.3. The molecule has 6 aromatic rings. The van der Waals surface area contributed by atoms with Crippen molar-refractivity contribution in [3.8, 4) is 0 Å². The Hall–Kier alpha value is -3.34. The summed E-state index contributed by atoms with van der Waals surface area (Å²) in [7, 11) is 0. The van der Waals surface area contributed by atoms with E-state index in [-0.39, 0.29) is 71.9 Å². The summed E-state index contributed by atoms with van der Waals surface area (Å²) >= 11 is 0. The van der Waals surface area contributed by atoms with Crippen molar-refractivity contribution in [2.45, 2.75) is 26.4 Å². The van der Waals surface area contributed by atoms with Gasteiger partial charge in [0.15, 0.2) is 0 Å². The third-order valence-electron chi connectivity index (χ3n) is 4.57. The molecule has 0 bridgehead atoms. The predicted octanol–water partition coefficient (Wildman–Crippen LogP) is -3.74. The van der Waals surface area contributed by atoms with Crippen LogP contribution in [0.15, 0.2) is 111 Å². The van der Waals surface area contributed by atoms with Gasteiger partial charge in [-0.05, 0) is 50.2 Å². The monoisotopic (exact) mass is 636 g/mol. The molecule has 0 saturated carbocycles. The van der Waals surface area contributed by atoms with Crippen molar-refractivity contribution >= 4 is 5.78 Å². The molecule has 6 aromatic heterocycles. The van der Waals surface area contributed by atoms with Gasteiger partial charge in [0, 0.05) is 74.4 Å². The van der Waals surface area contributed by atoms with E-state index in [2.05, 4.69) is 30.6 Å². The molecule has 0 N–H and O–H groups in total.